The summed E-state index contributed by atoms with van der Waals surface area (Å²) in [6.07, 6.45) is 3.66. The normalized spacial score (nSPS) is 12.6. The minimum Gasteiger partial charge on any atom is -0.464 e. The molecule has 2 heterocycles. The van der Waals surface area contributed by atoms with Gasteiger partial charge in [0.2, 0.25) is 0 Å². The molecule has 0 saturated heterocycles. The summed E-state index contributed by atoms with van der Waals surface area (Å²) in [7, 11) is 0. The van der Waals surface area contributed by atoms with Gasteiger partial charge in [0.25, 0.3) is 0 Å². The molecule has 96 valence electrons. The van der Waals surface area contributed by atoms with Gasteiger partial charge in [-0.2, -0.15) is 5.10 Å². The maximum absolute atomic E-state index is 12.2. The van der Waals surface area contributed by atoms with Crippen molar-refractivity contribution in [1.82, 2.24) is 14.2 Å². The number of hydrogen-bond donors (Lipinski definition) is 0. The Balaban J connectivity index is 2.48. The van der Waals surface area contributed by atoms with Crippen LogP contribution in [0.1, 0.15) is 26.3 Å². The third-order valence-electron chi connectivity index (χ3n) is 2.74. The lowest BCUT2D eigenvalue weighted by molar-refractivity contribution is -0.147. The quantitative estimate of drug-likeness (QED) is 0.758. The Bertz CT molecular complexity index is 614. The Morgan fingerprint density at radius 1 is 1.50 bits per heavy atom. The first-order valence-electron chi connectivity index (χ1n) is 5.90. The van der Waals surface area contributed by atoms with Crippen molar-refractivity contribution >= 4 is 11.5 Å². The zero-order valence-electron chi connectivity index (χ0n) is 10.4. The highest BCUT2D eigenvalue weighted by atomic mass is 16.5. The number of rotatable bonds is 4. The minimum atomic E-state index is -0.677. The number of esters is 1. The van der Waals surface area contributed by atoms with Gasteiger partial charge in [0.15, 0.2) is 6.04 Å². The minimum absolute atomic E-state index is 0.288. The topological polar surface area (TPSA) is 65.6 Å². The third-order valence-corrected chi connectivity index (χ3v) is 2.74. The second-order valence-corrected chi connectivity index (χ2v) is 3.85. The van der Waals surface area contributed by atoms with Crippen LogP contribution in [0.4, 0.5) is 0 Å². The van der Waals surface area contributed by atoms with E-state index in [-0.39, 0.29) is 12.3 Å². The van der Waals surface area contributed by atoms with Gasteiger partial charge in [0, 0.05) is 6.20 Å². The van der Waals surface area contributed by atoms with Crippen molar-refractivity contribution < 1.29 is 9.53 Å². The molecule has 0 aromatic carbocycles. The van der Waals surface area contributed by atoms with Gasteiger partial charge in [-0.15, -0.1) is 0 Å². The van der Waals surface area contributed by atoms with Crippen LogP contribution in [0, 0.1) is 0 Å². The fourth-order valence-corrected chi connectivity index (χ4v) is 1.85. The highest BCUT2D eigenvalue weighted by Gasteiger charge is 2.22. The van der Waals surface area contributed by atoms with Crippen LogP contribution in [0.3, 0.4) is 0 Å². The lowest BCUT2D eigenvalue weighted by Crippen LogP contribution is -2.35. The molecule has 0 N–H and O–H groups in total. The van der Waals surface area contributed by atoms with E-state index in [0.29, 0.717) is 11.9 Å². The van der Waals surface area contributed by atoms with Crippen LogP contribution in [-0.2, 0) is 9.53 Å². The van der Waals surface area contributed by atoms with Crippen molar-refractivity contribution in [2.45, 2.75) is 26.3 Å². The molecule has 2 aromatic rings. The Morgan fingerprint density at radius 2 is 2.28 bits per heavy atom. The standard InChI is InChI=1S/C12H15N3O3/c1-3-10(11(16)18-4-2)15-12(17)14-7-5-6-9(14)8-13-15/h5-8,10H,3-4H2,1-2H3/t10-/m0/s1. The fourth-order valence-electron chi connectivity index (χ4n) is 1.85. The van der Waals surface area contributed by atoms with Crippen molar-refractivity contribution in [3.63, 3.8) is 0 Å². The van der Waals surface area contributed by atoms with E-state index >= 15 is 0 Å². The summed E-state index contributed by atoms with van der Waals surface area (Å²) in [5.41, 5.74) is 0.368. The molecule has 2 rings (SSSR count). The zero-order chi connectivity index (χ0) is 13.1. The van der Waals surface area contributed by atoms with Crippen LogP contribution >= 0.6 is 0 Å². The van der Waals surface area contributed by atoms with E-state index in [9.17, 15) is 9.59 Å². The van der Waals surface area contributed by atoms with Crippen molar-refractivity contribution in [2.24, 2.45) is 0 Å². The Labute approximate surface area is 104 Å². The summed E-state index contributed by atoms with van der Waals surface area (Å²) >= 11 is 0. The van der Waals surface area contributed by atoms with Gasteiger partial charge >= 0.3 is 11.7 Å². The van der Waals surface area contributed by atoms with E-state index in [4.69, 9.17) is 4.74 Å². The fraction of sp³-hybridized carbons (Fsp3) is 0.417. The highest BCUT2D eigenvalue weighted by molar-refractivity contribution is 5.73. The summed E-state index contributed by atoms with van der Waals surface area (Å²) < 4.78 is 7.57. The number of aromatic nitrogens is 3. The average molecular weight is 249 g/mol. The van der Waals surface area contributed by atoms with Crippen molar-refractivity contribution in [3.8, 4) is 0 Å². The molecule has 0 fully saturated rings. The molecule has 0 amide bonds. The Hall–Kier alpha value is -2.11. The molecule has 2 aromatic heterocycles. The van der Waals surface area contributed by atoms with Crippen LogP contribution in [0.5, 0.6) is 0 Å². The van der Waals surface area contributed by atoms with Gasteiger partial charge in [-0.05, 0) is 25.5 Å². The molecule has 0 aliphatic heterocycles. The van der Waals surface area contributed by atoms with E-state index in [2.05, 4.69) is 5.10 Å². The summed E-state index contributed by atoms with van der Waals surface area (Å²) in [6, 6.07) is 2.86. The summed E-state index contributed by atoms with van der Waals surface area (Å²) in [5.74, 6) is -0.430. The number of carbonyl (C=O) groups is 1. The molecule has 6 nitrogen and oxygen atoms in total. The first kappa shape index (κ1) is 12.3. The Kier molecular flexibility index (Phi) is 3.45. The molecule has 0 bridgehead atoms. The maximum atomic E-state index is 12.2. The molecule has 0 spiro atoms. The van der Waals surface area contributed by atoms with Gasteiger partial charge in [0.1, 0.15) is 0 Å². The van der Waals surface area contributed by atoms with Gasteiger partial charge in [-0.25, -0.2) is 14.3 Å². The highest BCUT2D eigenvalue weighted by Crippen LogP contribution is 2.10. The lowest BCUT2D eigenvalue weighted by Gasteiger charge is -2.15. The molecular weight excluding hydrogens is 234 g/mol. The monoisotopic (exact) mass is 249 g/mol. The van der Waals surface area contributed by atoms with Crippen LogP contribution in [0.15, 0.2) is 29.3 Å². The molecule has 1 atom stereocenters. The van der Waals surface area contributed by atoms with Crippen LogP contribution in [0.25, 0.3) is 5.52 Å². The molecule has 0 aliphatic rings. The average Bonchev–Trinajstić information content (AvgIpc) is 2.82. The van der Waals surface area contributed by atoms with Crippen LogP contribution < -0.4 is 5.69 Å². The molecule has 6 heteroatoms. The number of nitrogens with zero attached hydrogens (tertiary/aromatic N) is 3. The molecule has 0 radical (unpaired) electrons. The van der Waals surface area contributed by atoms with Crippen LogP contribution in [-0.4, -0.2) is 26.8 Å². The number of carbonyl (C=O) groups excluding carboxylic acids is 1. The van der Waals surface area contributed by atoms with E-state index in [0.717, 1.165) is 0 Å². The largest absolute Gasteiger partial charge is 0.464 e. The van der Waals surface area contributed by atoms with Crippen molar-refractivity contribution in [1.29, 1.82) is 0 Å². The van der Waals surface area contributed by atoms with Gasteiger partial charge < -0.3 is 4.74 Å². The predicted molar refractivity (Wildman–Crippen MR) is 65.4 cm³/mol. The molecule has 18 heavy (non-hydrogen) atoms. The molecule has 0 saturated carbocycles. The molecular formula is C12H15N3O3. The number of ether oxygens (including phenoxy) is 1. The van der Waals surface area contributed by atoms with Gasteiger partial charge in [-0.1, -0.05) is 6.92 Å². The first-order valence-corrected chi connectivity index (χ1v) is 5.90. The smallest absolute Gasteiger partial charge is 0.349 e. The summed E-state index contributed by atoms with van der Waals surface area (Å²) in [6.45, 7) is 3.83. The zero-order valence-corrected chi connectivity index (χ0v) is 10.4. The lowest BCUT2D eigenvalue weighted by atomic mass is 10.2. The van der Waals surface area contributed by atoms with Gasteiger partial charge in [0.05, 0.1) is 18.3 Å². The first-order chi connectivity index (χ1) is 8.69. The van der Waals surface area contributed by atoms with E-state index < -0.39 is 12.0 Å². The molecule has 0 unspecified atom stereocenters. The predicted octanol–water partition coefficient (Wildman–Crippen LogP) is 1.01. The van der Waals surface area contributed by atoms with Crippen molar-refractivity contribution in [3.05, 3.63) is 35.0 Å². The van der Waals surface area contributed by atoms with E-state index in [1.807, 2.05) is 6.92 Å². The summed E-state index contributed by atoms with van der Waals surface area (Å²) in [5, 5.41) is 4.04. The van der Waals surface area contributed by atoms with Crippen molar-refractivity contribution in [2.75, 3.05) is 6.61 Å². The Morgan fingerprint density at radius 3 is 2.94 bits per heavy atom. The second kappa shape index (κ2) is 5.03. The number of fused-ring (bicyclic) bond motifs is 1. The maximum Gasteiger partial charge on any atom is 0.349 e. The third kappa shape index (κ3) is 2.01. The van der Waals surface area contributed by atoms with Crippen LogP contribution in [0.2, 0.25) is 0 Å². The van der Waals surface area contributed by atoms with E-state index in [1.54, 1.807) is 31.5 Å². The second-order valence-electron chi connectivity index (χ2n) is 3.85. The molecule has 0 aliphatic carbocycles. The number of hydrogen-bond acceptors (Lipinski definition) is 4. The SMILES string of the molecule is CCOC(=O)[C@H](CC)n1ncc2cccn2c1=O. The van der Waals surface area contributed by atoms with E-state index in [1.165, 1.54) is 9.08 Å². The summed E-state index contributed by atoms with van der Waals surface area (Å²) in [4.78, 5) is 23.9. The van der Waals surface area contributed by atoms with Gasteiger partial charge in [-0.3, -0.25) is 4.40 Å².